The fourth-order valence-corrected chi connectivity index (χ4v) is 12.2. The van der Waals surface area contributed by atoms with E-state index in [0.717, 1.165) is 29.9 Å². The zero-order chi connectivity index (χ0) is 44.7. The lowest BCUT2D eigenvalue weighted by Crippen LogP contribution is -2.24. The molecule has 1 unspecified atom stereocenters. The molecule has 13 rings (SSSR count). The molecule has 0 radical (unpaired) electrons. The summed E-state index contributed by atoms with van der Waals surface area (Å²) in [5.41, 5.74) is 26.9. The topological polar surface area (TPSA) is 3.24 Å². The third kappa shape index (κ3) is 6.08. The van der Waals surface area contributed by atoms with E-state index in [1.165, 1.54) is 100 Å². The second-order valence-electron chi connectivity index (χ2n) is 19.2. The third-order valence-electron chi connectivity index (χ3n) is 15.3. The Hall–Kier alpha value is -8.00. The zero-order valence-electron chi connectivity index (χ0n) is 37.9. The minimum Gasteiger partial charge on any atom is -0.310 e. The molecule has 1 nitrogen and oxygen atoms in total. The number of anilines is 3. The first-order valence-electron chi connectivity index (χ1n) is 23.8. The molecule has 0 aromatic heterocycles. The second-order valence-corrected chi connectivity index (χ2v) is 19.2. The number of nitrogens with zero attached hydrogens (tertiary/aromatic N) is 1. The van der Waals surface area contributed by atoms with Crippen molar-refractivity contribution in [1.82, 2.24) is 0 Å². The van der Waals surface area contributed by atoms with Crippen LogP contribution in [0, 0.1) is 0 Å². The van der Waals surface area contributed by atoms with Crippen LogP contribution in [0.5, 0.6) is 0 Å². The molecule has 0 N–H and O–H groups in total. The van der Waals surface area contributed by atoms with Gasteiger partial charge < -0.3 is 4.90 Å². The highest BCUT2D eigenvalue weighted by Gasteiger charge is 2.48. The van der Waals surface area contributed by atoms with Crippen molar-refractivity contribution in [3.63, 3.8) is 0 Å². The predicted molar refractivity (Wildman–Crippen MR) is 281 cm³/mol. The van der Waals surface area contributed by atoms with Crippen molar-refractivity contribution >= 4 is 17.1 Å². The average Bonchev–Trinajstić information content (AvgIpc) is 4.00. The molecule has 1 atom stereocenters. The molecule has 67 heavy (non-hydrogen) atoms. The molecule has 1 heteroatoms. The van der Waals surface area contributed by atoms with E-state index in [2.05, 4.69) is 255 Å². The van der Waals surface area contributed by atoms with Crippen LogP contribution < -0.4 is 4.90 Å². The van der Waals surface area contributed by atoms with Crippen molar-refractivity contribution in [2.24, 2.45) is 0 Å². The number of benzene rings is 10. The van der Waals surface area contributed by atoms with Gasteiger partial charge in [-0.2, -0.15) is 0 Å². The Morgan fingerprint density at radius 1 is 0.313 bits per heavy atom. The fourth-order valence-electron chi connectivity index (χ4n) is 12.2. The Labute approximate surface area is 394 Å². The first-order valence-corrected chi connectivity index (χ1v) is 23.8. The van der Waals surface area contributed by atoms with Gasteiger partial charge in [-0.05, 0) is 149 Å². The standard InChI is InChI=1S/C66H49N/c1-65(2)61-25-12-9-21-57(61)59-23-14-22-55(64(59)65)48-33-37-51(38-34-48)67(52-39-40-58-56-20-10-13-26-62(56)66(63(58)43-52)42-41-49-17-6-11-24-60(49)66)50-35-31-45(32-36-50)44-27-29-47(30-28-44)54-19-8-7-18-53(54)46-15-4-3-5-16-46/h3-40,43H,41-42H2,1-2H3. The van der Waals surface area contributed by atoms with E-state index in [1.54, 1.807) is 0 Å². The summed E-state index contributed by atoms with van der Waals surface area (Å²) in [6, 6.07) is 88.2. The van der Waals surface area contributed by atoms with E-state index in [4.69, 9.17) is 0 Å². The fraction of sp³-hybridized carbons (Fsp3) is 0.0909. The van der Waals surface area contributed by atoms with Crippen molar-refractivity contribution < 1.29 is 0 Å². The van der Waals surface area contributed by atoms with Gasteiger partial charge in [0, 0.05) is 27.9 Å². The van der Waals surface area contributed by atoms with Crippen LogP contribution in [0.25, 0.3) is 66.8 Å². The first kappa shape index (κ1) is 39.4. The molecule has 10 aromatic rings. The molecule has 3 aliphatic carbocycles. The van der Waals surface area contributed by atoms with Crippen LogP contribution in [0.1, 0.15) is 53.6 Å². The largest absolute Gasteiger partial charge is 0.310 e. The van der Waals surface area contributed by atoms with Gasteiger partial charge in [-0.25, -0.2) is 0 Å². The SMILES string of the molecule is CC1(C)c2ccccc2-c2cccc(-c3ccc(N(c4ccc(-c5ccc(-c6ccccc6-c6ccccc6)cc5)cc4)c4ccc5c(c4)C4(CCc6ccccc64)c4ccccc4-5)cc3)c21. The minimum absolute atomic E-state index is 0.0985. The highest BCUT2D eigenvalue weighted by Crippen LogP contribution is 2.59. The summed E-state index contributed by atoms with van der Waals surface area (Å²) in [5, 5.41) is 0. The van der Waals surface area contributed by atoms with Crippen LogP contribution in [0.4, 0.5) is 17.1 Å². The van der Waals surface area contributed by atoms with Crippen LogP contribution in [0.3, 0.4) is 0 Å². The minimum atomic E-state index is -0.177. The average molecular weight is 856 g/mol. The van der Waals surface area contributed by atoms with Gasteiger partial charge in [0.1, 0.15) is 0 Å². The number of fused-ring (bicyclic) bond motifs is 10. The van der Waals surface area contributed by atoms with Gasteiger partial charge in [0.05, 0.1) is 0 Å². The molecular weight excluding hydrogens is 807 g/mol. The van der Waals surface area contributed by atoms with Crippen LogP contribution in [0.2, 0.25) is 0 Å². The van der Waals surface area contributed by atoms with Crippen LogP contribution in [0.15, 0.2) is 237 Å². The van der Waals surface area contributed by atoms with Crippen molar-refractivity contribution in [3.8, 4) is 66.8 Å². The lowest BCUT2D eigenvalue weighted by atomic mass is 9.73. The number of hydrogen-bond donors (Lipinski definition) is 0. The van der Waals surface area contributed by atoms with Crippen LogP contribution >= 0.6 is 0 Å². The van der Waals surface area contributed by atoms with Gasteiger partial charge in [0.2, 0.25) is 0 Å². The maximum atomic E-state index is 2.51. The molecule has 0 fully saturated rings. The molecule has 0 saturated carbocycles. The van der Waals surface area contributed by atoms with Crippen molar-refractivity contribution in [3.05, 3.63) is 270 Å². The molecule has 0 amide bonds. The maximum Gasteiger partial charge on any atom is 0.0470 e. The molecule has 3 aliphatic rings. The Balaban J connectivity index is 0.908. The summed E-state index contributed by atoms with van der Waals surface area (Å²) >= 11 is 0. The number of hydrogen-bond acceptors (Lipinski definition) is 1. The summed E-state index contributed by atoms with van der Waals surface area (Å²) in [7, 11) is 0. The molecule has 0 bridgehead atoms. The van der Waals surface area contributed by atoms with Crippen molar-refractivity contribution in [2.45, 2.75) is 37.5 Å². The molecule has 10 aromatic carbocycles. The Morgan fingerprint density at radius 2 is 0.761 bits per heavy atom. The summed E-state index contributed by atoms with van der Waals surface area (Å²) in [6.07, 6.45) is 2.15. The van der Waals surface area contributed by atoms with E-state index >= 15 is 0 Å². The van der Waals surface area contributed by atoms with Gasteiger partial charge in [0.15, 0.2) is 0 Å². The normalized spacial score (nSPS) is 15.7. The lowest BCUT2D eigenvalue weighted by molar-refractivity contribution is 0.626. The third-order valence-corrected chi connectivity index (χ3v) is 15.3. The van der Waals surface area contributed by atoms with Gasteiger partial charge in [-0.15, -0.1) is 0 Å². The molecule has 1 spiro atoms. The number of rotatable bonds is 7. The monoisotopic (exact) mass is 855 g/mol. The smallest absolute Gasteiger partial charge is 0.0470 e. The van der Waals surface area contributed by atoms with E-state index in [9.17, 15) is 0 Å². The molecular formula is C66H49N. The first-order chi connectivity index (χ1) is 33.0. The second kappa shape index (κ2) is 15.3. The van der Waals surface area contributed by atoms with E-state index < -0.39 is 0 Å². The molecule has 0 aliphatic heterocycles. The Kier molecular flexibility index (Phi) is 8.99. The van der Waals surface area contributed by atoms with Gasteiger partial charge in [-0.1, -0.05) is 214 Å². The van der Waals surface area contributed by atoms with Crippen molar-refractivity contribution in [2.75, 3.05) is 4.90 Å². The zero-order valence-corrected chi connectivity index (χ0v) is 37.9. The summed E-state index contributed by atoms with van der Waals surface area (Å²) in [6.45, 7) is 4.75. The highest BCUT2D eigenvalue weighted by molar-refractivity contribution is 5.91. The van der Waals surface area contributed by atoms with Gasteiger partial charge in [-0.3, -0.25) is 0 Å². The Morgan fingerprint density at radius 3 is 1.45 bits per heavy atom. The number of aryl methyl sites for hydroxylation is 1. The van der Waals surface area contributed by atoms with Gasteiger partial charge in [0.25, 0.3) is 0 Å². The summed E-state index contributed by atoms with van der Waals surface area (Å²) < 4.78 is 0. The lowest BCUT2D eigenvalue weighted by Gasteiger charge is -2.31. The summed E-state index contributed by atoms with van der Waals surface area (Å²) in [5.74, 6) is 0. The van der Waals surface area contributed by atoms with E-state index in [1.807, 2.05) is 0 Å². The maximum absolute atomic E-state index is 2.51. The quantitative estimate of drug-likeness (QED) is 0.154. The summed E-state index contributed by atoms with van der Waals surface area (Å²) in [4.78, 5) is 2.46. The van der Waals surface area contributed by atoms with Gasteiger partial charge >= 0.3 is 0 Å². The van der Waals surface area contributed by atoms with Crippen LogP contribution in [-0.2, 0) is 17.3 Å². The highest BCUT2D eigenvalue weighted by atomic mass is 15.1. The van der Waals surface area contributed by atoms with E-state index in [-0.39, 0.29) is 10.8 Å². The van der Waals surface area contributed by atoms with E-state index in [0.29, 0.717) is 0 Å². The molecule has 0 saturated heterocycles. The Bertz CT molecular complexity index is 3520. The molecule has 0 heterocycles. The van der Waals surface area contributed by atoms with Crippen molar-refractivity contribution in [1.29, 1.82) is 0 Å². The predicted octanol–water partition coefficient (Wildman–Crippen LogP) is 17.4. The van der Waals surface area contributed by atoms with Crippen LogP contribution in [-0.4, -0.2) is 0 Å². The molecule has 318 valence electrons.